The normalized spacial score (nSPS) is 26.1. The Kier molecular flexibility index (Phi) is 2.57. The highest BCUT2D eigenvalue weighted by Gasteiger charge is 2.25. The number of piperidine rings is 1. The van der Waals surface area contributed by atoms with Crippen LogP contribution in [0.5, 0.6) is 0 Å². The lowest BCUT2D eigenvalue weighted by molar-refractivity contribution is 0.305. The number of rotatable bonds is 1. The molecule has 2 aromatic heterocycles. The summed E-state index contributed by atoms with van der Waals surface area (Å²) in [6.45, 7) is 3.37. The van der Waals surface area contributed by atoms with Crippen molar-refractivity contribution in [3.63, 3.8) is 0 Å². The summed E-state index contributed by atoms with van der Waals surface area (Å²) in [4.78, 5) is 14.0. The third kappa shape index (κ3) is 1.70. The average molecular weight is 234 g/mol. The van der Waals surface area contributed by atoms with Crippen molar-refractivity contribution in [2.24, 2.45) is 5.92 Å². The number of nitrogens with one attached hydrogen (secondary N) is 1. The van der Waals surface area contributed by atoms with Gasteiger partial charge in [-0.3, -0.25) is 0 Å². The molecule has 0 aromatic carbocycles. The van der Waals surface area contributed by atoms with E-state index in [1.807, 2.05) is 0 Å². The van der Waals surface area contributed by atoms with Crippen LogP contribution in [0.4, 0.5) is 0 Å². The van der Waals surface area contributed by atoms with E-state index in [0.717, 1.165) is 22.0 Å². The van der Waals surface area contributed by atoms with Gasteiger partial charge in [0.15, 0.2) is 10.5 Å². The molecule has 1 N–H and O–H groups in total. The number of fused-ring (bicyclic) bond motifs is 1. The van der Waals surface area contributed by atoms with Crippen molar-refractivity contribution in [3.8, 4) is 0 Å². The number of thiazole rings is 1. The third-order valence-electron chi connectivity index (χ3n) is 3.10. The molecular weight excluding hydrogens is 220 g/mol. The van der Waals surface area contributed by atoms with Crippen molar-refractivity contribution < 1.29 is 0 Å². The lowest BCUT2D eigenvalue weighted by Crippen LogP contribution is -2.32. The fourth-order valence-electron chi connectivity index (χ4n) is 2.21. The average Bonchev–Trinajstić information content (AvgIpc) is 2.73. The molecule has 0 radical (unpaired) electrons. The minimum Gasteiger partial charge on any atom is -0.308 e. The first-order valence-electron chi connectivity index (χ1n) is 5.65. The van der Waals surface area contributed by atoms with E-state index in [9.17, 15) is 0 Å². The molecule has 16 heavy (non-hydrogen) atoms. The van der Waals surface area contributed by atoms with Crippen LogP contribution in [0.3, 0.4) is 0 Å². The zero-order chi connectivity index (χ0) is 11.0. The van der Waals surface area contributed by atoms with Crippen LogP contribution < -0.4 is 5.32 Å². The zero-order valence-electron chi connectivity index (χ0n) is 9.18. The van der Waals surface area contributed by atoms with Gasteiger partial charge in [-0.1, -0.05) is 18.3 Å². The Bertz CT molecular complexity index is 462. The maximum Gasteiger partial charge on any atom is 0.189 e. The SMILES string of the molecule is CC1CCCNC1c1nc2nccnc2s1. The summed E-state index contributed by atoms with van der Waals surface area (Å²) >= 11 is 1.66. The predicted molar refractivity (Wildman–Crippen MR) is 64.4 cm³/mol. The van der Waals surface area contributed by atoms with E-state index in [-0.39, 0.29) is 0 Å². The van der Waals surface area contributed by atoms with E-state index in [2.05, 4.69) is 27.2 Å². The highest BCUT2D eigenvalue weighted by Crippen LogP contribution is 2.32. The molecule has 0 spiro atoms. The van der Waals surface area contributed by atoms with E-state index < -0.39 is 0 Å². The summed E-state index contributed by atoms with van der Waals surface area (Å²) in [7, 11) is 0. The molecule has 2 unspecified atom stereocenters. The smallest absolute Gasteiger partial charge is 0.189 e. The molecule has 84 valence electrons. The number of nitrogens with zero attached hydrogens (tertiary/aromatic N) is 3. The maximum atomic E-state index is 4.57. The van der Waals surface area contributed by atoms with Gasteiger partial charge in [0, 0.05) is 12.4 Å². The van der Waals surface area contributed by atoms with Crippen LogP contribution in [0.25, 0.3) is 10.5 Å². The second-order valence-electron chi connectivity index (χ2n) is 4.29. The van der Waals surface area contributed by atoms with Crippen LogP contribution >= 0.6 is 11.3 Å². The van der Waals surface area contributed by atoms with Crippen molar-refractivity contribution in [3.05, 3.63) is 17.4 Å². The summed E-state index contributed by atoms with van der Waals surface area (Å²) in [5.74, 6) is 0.648. The van der Waals surface area contributed by atoms with Crippen molar-refractivity contribution in [2.75, 3.05) is 6.54 Å². The van der Waals surface area contributed by atoms with Gasteiger partial charge in [0.2, 0.25) is 0 Å². The number of aromatic nitrogens is 3. The van der Waals surface area contributed by atoms with E-state index in [1.165, 1.54) is 12.8 Å². The topological polar surface area (TPSA) is 50.7 Å². The van der Waals surface area contributed by atoms with E-state index in [4.69, 9.17) is 0 Å². The molecule has 1 fully saturated rings. The zero-order valence-corrected chi connectivity index (χ0v) is 10.00. The minimum atomic E-state index is 0.384. The molecule has 1 aliphatic heterocycles. The van der Waals surface area contributed by atoms with Crippen LogP contribution in [0.15, 0.2) is 12.4 Å². The van der Waals surface area contributed by atoms with E-state index in [0.29, 0.717) is 12.0 Å². The molecule has 0 bridgehead atoms. The molecule has 2 aromatic rings. The predicted octanol–water partition coefficient (Wildman–Crippen LogP) is 2.15. The fourth-order valence-corrected chi connectivity index (χ4v) is 3.28. The molecule has 0 aliphatic carbocycles. The number of hydrogen-bond acceptors (Lipinski definition) is 5. The monoisotopic (exact) mass is 234 g/mol. The standard InChI is InChI=1S/C11H14N4S/c1-7-3-2-4-12-8(7)10-15-9-11(16-10)14-6-5-13-9/h5-8,12H,2-4H2,1H3. The fraction of sp³-hybridized carbons (Fsp3) is 0.545. The Morgan fingerprint density at radius 2 is 2.25 bits per heavy atom. The summed E-state index contributed by atoms with van der Waals surface area (Å²) in [6.07, 6.45) is 5.96. The molecular formula is C11H14N4S. The Morgan fingerprint density at radius 3 is 3.06 bits per heavy atom. The molecule has 1 saturated heterocycles. The van der Waals surface area contributed by atoms with Crippen LogP contribution in [-0.4, -0.2) is 21.5 Å². The quantitative estimate of drug-likeness (QED) is 0.821. The van der Waals surface area contributed by atoms with Gasteiger partial charge in [-0.2, -0.15) is 0 Å². The van der Waals surface area contributed by atoms with Gasteiger partial charge >= 0.3 is 0 Å². The molecule has 3 heterocycles. The summed E-state index contributed by atoms with van der Waals surface area (Å²) in [5, 5.41) is 4.67. The second kappa shape index (κ2) is 4.07. The molecule has 3 rings (SSSR count). The summed E-state index contributed by atoms with van der Waals surface area (Å²) in [5.41, 5.74) is 0.780. The van der Waals surface area contributed by atoms with Gasteiger partial charge in [0.25, 0.3) is 0 Å². The van der Waals surface area contributed by atoms with Gasteiger partial charge in [-0.15, -0.1) is 0 Å². The highest BCUT2D eigenvalue weighted by atomic mass is 32.1. The summed E-state index contributed by atoms with van der Waals surface area (Å²) in [6, 6.07) is 0.384. The number of hydrogen-bond donors (Lipinski definition) is 1. The highest BCUT2D eigenvalue weighted by molar-refractivity contribution is 7.18. The van der Waals surface area contributed by atoms with Crippen molar-refractivity contribution in [1.29, 1.82) is 0 Å². The van der Waals surface area contributed by atoms with Crippen LogP contribution in [0.2, 0.25) is 0 Å². The van der Waals surface area contributed by atoms with Crippen molar-refractivity contribution >= 4 is 21.8 Å². The lowest BCUT2D eigenvalue weighted by atomic mass is 9.93. The van der Waals surface area contributed by atoms with Gasteiger partial charge in [-0.25, -0.2) is 15.0 Å². The Labute approximate surface area is 98.1 Å². The Balaban J connectivity index is 1.98. The molecule has 0 amide bonds. The van der Waals surface area contributed by atoms with Crippen molar-refractivity contribution in [2.45, 2.75) is 25.8 Å². The lowest BCUT2D eigenvalue weighted by Gasteiger charge is -2.28. The second-order valence-corrected chi connectivity index (χ2v) is 5.30. The molecule has 1 aliphatic rings. The van der Waals surface area contributed by atoms with Crippen LogP contribution in [0, 0.1) is 5.92 Å². The van der Waals surface area contributed by atoms with Crippen molar-refractivity contribution in [1.82, 2.24) is 20.3 Å². The first-order valence-corrected chi connectivity index (χ1v) is 6.47. The van der Waals surface area contributed by atoms with Gasteiger partial charge in [0.1, 0.15) is 5.01 Å². The minimum absolute atomic E-state index is 0.384. The third-order valence-corrected chi connectivity index (χ3v) is 4.14. The Morgan fingerprint density at radius 1 is 1.38 bits per heavy atom. The first-order chi connectivity index (χ1) is 7.84. The van der Waals surface area contributed by atoms with E-state index >= 15 is 0 Å². The molecule has 5 heteroatoms. The van der Waals surface area contributed by atoms with Gasteiger partial charge in [0.05, 0.1) is 6.04 Å². The maximum absolute atomic E-state index is 4.57. The molecule has 4 nitrogen and oxygen atoms in total. The summed E-state index contributed by atoms with van der Waals surface area (Å²) < 4.78 is 0. The van der Waals surface area contributed by atoms with Crippen LogP contribution in [0.1, 0.15) is 30.8 Å². The Hall–Kier alpha value is -1.07. The largest absolute Gasteiger partial charge is 0.308 e. The van der Waals surface area contributed by atoms with E-state index in [1.54, 1.807) is 23.7 Å². The molecule has 0 saturated carbocycles. The van der Waals surface area contributed by atoms with Gasteiger partial charge < -0.3 is 5.32 Å². The van der Waals surface area contributed by atoms with Crippen LogP contribution in [-0.2, 0) is 0 Å². The first kappa shape index (κ1) is 10.1. The molecule has 2 atom stereocenters. The van der Waals surface area contributed by atoms with Gasteiger partial charge in [-0.05, 0) is 25.3 Å².